The number of nitrogens with one attached hydrogen (secondary N) is 1. The normalized spacial score (nSPS) is 10.6. The molecule has 104 valence electrons. The summed E-state index contributed by atoms with van der Waals surface area (Å²) in [5, 5.41) is 2.78. The number of nitrogen functional groups attached to an aromatic ring is 1. The minimum Gasteiger partial charge on any atom is -0.396 e. The van der Waals surface area contributed by atoms with E-state index in [1.165, 1.54) is 6.20 Å². The van der Waals surface area contributed by atoms with Gasteiger partial charge < -0.3 is 11.1 Å². The highest BCUT2D eigenvalue weighted by Crippen LogP contribution is 2.16. The number of amides is 1. The maximum atomic E-state index is 12.2. The number of nitrogens with two attached hydrogens (primary N) is 1. The van der Waals surface area contributed by atoms with Gasteiger partial charge in [0.15, 0.2) is 5.69 Å². The van der Waals surface area contributed by atoms with E-state index in [0.717, 1.165) is 5.56 Å². The lowest BCUT2D eigenvalue weighted by Gasteiger charge is -2.09. The van der Waals surface area contributed by atoms with Gasteiger partial charge in [0.2, 0.25) is 0 Å². The summed E-state index contributed by atoms with van der Waals surface area (Å²) in [5.74, 6) is 0.422. The van der Waals surface area contributed by atoms with E-state index in [4.69, 9.17) is 5.73 Å². The van der Waals surface area contributed by atoms with Gasteiger partial charge in [0.05, 0.1) is 11.9 Å². The number of anilines is 2. The number of carbonyl (C=O) groups is 1. The van der Waals surface area contributed by atoms with Gasteiger partial charge in [-0.3, -0.25) is 4.79 Å². The van der Waals surface area contributed by atoms with E-state index in [1.54, 1.807) is 0 Å². The molecule has 0 spiro atoms. The molecule has 0 aliphatic heterocycles. The largest absolute Gasteiger partial charge is 0.396 e. The molecule has 5 nitrogen and oxygen atoms in total. The number of carbonyl (C=O) groups excluding carboxylic acids is 1. The fourth-order valence-electron chi connectivity index (χ4n) is 1.69. The van der Waals surface area contributed by atoms with Crippen molar-refractivity contribution in [2.24, 2.45) is 0 Å². The summed E-state index contributed by atoms with van der Waals surface area (Å²) in [6.45, 7) is 5.92. The lowest BCUT2D eigenvalue weighted by Crippen LogP contribution is -2.17. The van der Waals surface area contributed by atoms with Crippen LogP contribution in [0.4, 0.5) is 11.4 Å². The molecule has 0 aliphatic rings. The average Bonchev–Trinajstić information content (AvgIpc) is 2.41. The van der Waals surface area contributed by atoms with Crippen molar-refractivity contribution >= 4 is 17.3 Å². The number of hydrogen-bond acceptors (Lipinski definition) is 4. The Morgan fingerprint density at radius 1 is 1.25 bits per heavy atom. The number of aryl methyl sites for hydroxylation is 1. The van der Waals surface area contributed by atoms with E-state index >= 15 is 0 Å². The Morgan fingerprint density at radius 2 is 1.90 bits per heavy atom. The van der Waals surface area contributed by atoms with E-state index in [9.17, 15) is 4.79 Å². The third-order valence-corrected chi connectivity index (χ3v) is 2.88. The van der Waals surface area contributed by atoms with Crippen molar-refractivity contribution in [2.75, 3.05) is 11.1 Å². The van der Waals surface area contributed by atoms with E-state index in [0.29, 0.717) is 11.5 Å². The van der Waals surface area contributed by atoms with Crippen LogP contribution < -0.4 is 11.1 Å². The van der Waals surface area contributed by atoms with Gasteiger partial charge in [-0.2, -0.15) is 0 Å². The predicted octanol–water partition coefficient (Wildman–Crippen LogP) is 2.74. The molecule has 5 heteroatoms. The summed E-state index contributed by atoms with van der Waals surface area (Å²) in [5.41, 5.74) is 8.12. The molecule has 0 saturated carbocycles. The maximum absolute atomic E-state index is 12.2. The highest BCUT2D eigenvalue weighted by Gasteiger charge is 2.15. The molecular weight excluding hydrogens is 252 g/mol. The topological polar surface area (TPSA) is 80.9 Å². The Morgan fingerprint density at radius 3 is 2.50 bits per heavy atom. The standard InChI is InChI=1S/C15H18N4O/c1-9(2)14-17-8-12(16)13(19-14)15(20)18-11-6-4-10(3)5-7-11/h4-9H,16H2,1-3H3,(H,18,20). The van der Waals surface area contributed by atoms with Crippen LogP contribution >= 0.6 is 0 Å². The van der Waals surface area contributed by atoms with Gasteiger partial charge in [0.25, 0.3) is 5.91 Å². The Bertz CT molecular complexity index is 620. The lowest BCUT2D eigenvalue weighted by molar-refractivity contribution is 0.102. The first kappa shape index (κ1) is 14.0. The molecule has 1 amide bonds. The summed E-state index contributed by atoms with van der Waals surface area (Å²) in [4.78, 5) is 20.6. The molecule has 0 radical (unpaired) electrons. The first-order valence-corrected chi connectivity index (χ1v) is 6.48. The smallest absolute Gasteiger partial charge is 0.276 e. The lowest BCUT2D eigenvalue weighted by atomic mass is 10.2. The summed E-state index contributed by atoms with van der Waals surface area (Å²) >= 11 is 0. The monoisotopic (exact) mass is 270 g/mol. The second-order valence-electron chi connectivity index (χ2n) is 5.01. The Kier molecular flexibility index (Phi) is 3.98. The first-order valence-electron chi connectivity index (χ1n) is 6.48. The Labute approximate surface area is 118 Å². The van der Waals surface area contributed by atoms with Crippen LogP contribution in [-0.2, 0) is 0 Å². The molecule has 0 saturated heterocycles. The van der Waals surface area contributed by atoms with Crippen LogP contribution in [-0.4, -0.2) is 15.9 Å². The van der Waals surface area contributed by atoms with Crippen molar-refractivity contribution in [3.05, 3.63) is 47.5 Å². The third kappa shape index (κ3) is 3.12. The van der Waals surface area contributed by atoms with Gasteiger partial charge in [-0.05, 0) is 19.1 Å². The molecule has 0 aliphatic carbocycles. The zero-order valence-electron chi connectivity index (χ0n) is 11.8. The van der Waals surface area contributed by atoms with Crippen molar-refractivity contribution in [3.63, 3.8) is 0 Å². The summed E-state index contributed by atoms with van der Waals surface area (Å²) in [7, 11) is 0. The molecule has 0 fully saturated rings. The number of nitrogens with zero attached hydrogens (tertiary/aromatic N) is 2. The van der Waals surface area contributed by atoms with Crippen LogP contribution in [0.25, 0.3) is 0 Å². The molecule has 20 heavy (non-hydrogen) atoms. The fourth-order valence-corrected chi connectivity index (χ4v) is 1.69. The van der Waals surface area contributed by atoms with E-state index in [1.807, 2.05) is 45.0 Å². The highest BCUT2D eigenvalue weighted by atomic mass is 16.1. The van der Waals surface area contributed by atoms with Gasteiger partial charge in [-0.25, -0.2) is 9.97 Å². The zero-order chi connectivity index (χ0) is 14.7. The zero-order valence-corrected chi connectivity index (χ0v) is 11.8. The molecule has 1 aromatic carbocycles. The van der Waals surface area contributed by atoms with Crippen molar-refractivity contribution in [3.8, 4) is 0 Å². The minimum absolute atomic E-state index is 0.140. The minimum atomic E-state index is -0.323. The molecule has 0 unspecified atom stereocenters. The van der Waals surface area contributed by atoms with Crippen LogP contribution in [0.5, 0.6) is 0 Å². The summed E-state index contributed by atoms with van der Waals surface area (Å²) in [6.07, 6.45) is 1.48. The Hall–Kier alpha value is -2.43. The van der Waals surface area contributed by atoms with Crippen LogP contribution in [0.2, 0.25) is 0 Å². The van der Waals surface area contributed by atoms with Crippen LogP contribution in [0.3, 0.4) is 0 Å². The van der Waals surface area contributed by atoms with Crippen molar-refractivity contribution < 1.29 is 4.79 Å². The molecule has 1 heterocycles. The fraction of sp³-hybridized carbons (Fsp3) is 0.267. The van der Waals surface area contributed by atoms with Crippen LogP contribution in [0, 0.1) is 6.92 Å². The summed E-state index contributed by atoms with van der Waals surface area (Å²) < 4.78 is 0. The maximum Gasteiger partial charge on any atom is 0.276 e. The molecular formula is C15H18N4O. The Balaban J connectivity index is 2.24. The van der Waals surface area contributed by atoms with E-state index in [-0.39, 0.29) is 23.2 Å². The van der Waals surface area contributed by atoms with Crippen molar-refractivity contribution in [1.29, 1.82) is 0 Å². The van der Waals surface area contributed by atoms with Gasteiger partial charge in [0.1, 0.15) is 5.82 Å². The second kappa shape index (κ2) is 5.69. The first-order chi connectivity index (χ1) is 9.47. The molecule has 0 atom stereocenters. The van der Waals surface area contributed by atoms with Gasteiger partial charge in [0, 0.05) is 11.6 Å². The predicted molar refractivity (Wildman–Crippen MR) is 79.7 cm³/mol. The van der Waals surface area contributed by atoms with Crippen LogP contribution in [0.1, 0.15) is 41.6 Å². The van der Waals surface area contributed by atoms with Gasteiger partial charge >= 0.3 is 0 Å². The molecule has 3 N–H and O–H groups in total. The van der Waals surface area contributed by atoms with Gasteiger partial charge in [-0.15, -0.1) is 0 Å². The third-order valence-electron chi connectivity index (χ3n) is 2.88. The molecule has 0 bridgehead atoms. The number of hydrogen-bond donors (Lipinski definition) is 2. The van der Waals surface area contributed by atoms with Crippen molar-refractivity contribution in [2.45, 2.75) is 26.7 Å². The quantitative estimate of drug-likeness (QED) is 0.898. The molecule has 1 aromatic heterocycles. The number of benzene rings is 1. The second-order valence-corrected chi connectivity index (χ2v) is 5.01. The van der Waals surface area contributed by atoms with E-state index in [2.05, 4.69) is 15.3 Å². The number of rotatable bonds is 3. The average molecular weight is 270 g/mol. The summed E-state index contributed by atoms with van der Waals surface area (Å²) in [6, 6.07) is 7.54. The SMILES string of the molecule is Cc1ccc(NC(=O)c2nc(C(C)C)ncc2N)cc1. The highest BCUT2D eigenvalue weighted by molar-refractivity contribution is 6.06. The van der Waals surface area contributed by atoms with Gasteiger partial charge in [-0.1, -0.05) is 31.5 Å². The molecule has 2 aromatic rings. The van der Waals surface area contributed by atoms with Crippen LogP contribution in [0.15, 0.2) is 30.5 Å². The molecule has 2 rings (SSSR count). The van der Waals surface area contributed by atoms with Crippen molar-refractivity contribution in [1.82, 2.24) is 9.97 Å². The number of aromatic nitrogens is 2. The van der Waals surface area contributed by atoms with E-state index < -0.39 is 0 Å².